The van der Waals surface area contributed by atoms with Crippen LogP contribution in [-0.4, -0.2) is 180 Å². The van der Waals surface area contributed by atoms with Crippen molar-refractivity contribution in [2.24, 2.45) is 22.7 Å². The van der Waals surface area contributed by atoms with Crippen LogP contribution in [0.25, 0.3) is 44.6 Å². The van der Waals surface area contributed by atoms with Crippen molar-refractivity contribution >= 4 is 111 Å². The molecule has 4 aromatic heterocycles. The number of rotatable bonds is 30. The predicted octanol–water partition coefficient (Wildman–Crippen LogP) is 14.9. The van der Waals surface area contributed by atoms with Crippen molar-refractivity contribution in [2.75, 3.05) is 44.1 Å². The second kappa shape index (κ2) is 36.4. The Balaban J connectivity index is 0.000000217. The van der Waals surface area contributed by atoms with Crippen molar-refractivity contribution in [1.29, 1.82) is 0 Å². The molecule has 2 aliphatic heterocycles. The van der Waals surface area contributed by atoms with Gasteiger partial charge in [0.2, 0.25) is 31.0 Å². The number of amides is 6. The van der Waals surface area contributed by atoms with E-state index in [4.69, 9.17) is 48.4 Å². The fraction of sp³-hybridized carbons (Fsp3) is 0.535. The molecule has 6 amide bonds. The lowest BCUT2D eigenvalue weighted by Crippen LogP contribution is -2.58. The first-order valence-electron chi connectivity index (χ1n) is 40.9. The molecule has 636 valence electrons. The molecule has 8 N–H and O–H groups in total. The number of alkyl carbamates (subject to hydrolysis) is 2. The van der Waals surface area contributed by atoms with Crippen LogP contribution in [0.3, 0.4) is 0 Å². The zero-order valence-electron chi connectivity index (χ0n) is 69.7. The third-order valence-corrected chi connectivity index (χ3v) is 29.9. The number of anilines is 2. The number of ether oxygens (including phenoxy) is 6. The quantitative estimate of drug-likeness (QED) is 0.0153. The maximum absolute atomic E-state index is 14.9. The first kappa shape index (κ1) is 88.1. The Bertz CT molecular complexity index is 4940. The average molecular weight is 1700 g/mol. The molecule has 0 bridgehead atoms. The Hall–Kier alpha value is -9.18. The molecule has 0 radical (unpaired) electrons. The molecule has 28 nitrogen and oxygen atoms in total. The lowest BCUT2D eigenvalue weighted by atomic mass is 9.85. The van der Waals surface area contributed by atoms with Crippen LogP contribution < -0.4 is 56.2 Å². The van der Waals surface area contributed by atoms with Crippen molar-refractivity contribution in [3.05, 3.63) is 115 Å². The maximum Gasteiger partial charge on any atom is 0.408 e. The number of hydrogen-bond acceptors (Lipinski definition) is 22. The van der Waals surface area contributed by atoms with E-state index in [0.717, 1.165) is 68.1 Å². The highest BCUT2D eigenvalue weighted by Gasteiger charge is 2.68. The van der Waals surface area contributed by atoms with Gasteiger partial charge < -0.3 is 79.9 Å². The van der Waals surface area contributed by atoms with Crippen molar-refractivity contribution in [1.82, 2.24) is 51.0 Å². The number of likely N-dealkylation sites (tertiary alicyclic amines) is 2. The zero-order valence-corrected chi connectivity index (χ0v) is 73.1. The van der Waals surface area contributed by atoms with Gasteiger partial charge >= 0.3 is 12.2 Å². The summed E-state index contributed by atoms with van der Waals surface area (Å²) in [5.41, 5.74) is 2.04. The summed E-state index contributed by atoms with van der Waals surface area (Å²) in [6, 6.07) is 18.8. The number of hydrogen-bond donors (Lipinski definition) is 8. The topological polar surface area (TPSA) is 363 Å². The molecular weight excluding hydrogens is 1580 g/mol. The van der Waals surface area contributed by atoms with E-state index in [-0.39, 0.29) is 74.5 Å². The third-order valence-electron chi connectivity index (χ3n) is 22.8. The fourth-order valence-corrected chi connectivity index (χ4v) is 22.7. The minimum absolute atomic E-state index is 0.00181. The van der Waals surface area contributed by atoms with Crippen LogP contribution >= 0.6 is 37.4 Å². The normalized spacial score (nSPS) is 23.4. The van der Waals surface area contributed by atoms with Crippen LogP contribution in [0.2, 0.25) is 0 Å². The van der Waals surface area contributed by atoms with E-state index >= 15 is 0 Å². The van der Waals surface area contributed by atoms with Crippen molar-refractivity contribution < 1.29 is 76.1 Å². The Morgan fingerprint density at radius 1 is 0.585 bits per heavy atom. The van der Waals surface area contributed by atoms with Crippen LogP contribution in [0.5, 0.6) is 23.0 Å². The number of benzene rings is 3. The van der Waals surface area contributed by atoms with Gasteiger partial charge in [-0.05, 0) is 146 Å². The highest BCUT2D eigenvalue weighted by molar-refractivity contribution is 7.68. The number of carbonyl (C=O) groups is 6. The second-order valence-electron chi connectivity index (χ2n) is 34.5. The SMILES string of the molecule is C=C[C@@H]1C[C@]1(NC(=O)[C@@H]1C[C@@H](Oc2cc(-c3csc(NC(C)C)n3)nc3cc(OC)ccc23)CN1C(=O)[C@@H](NC(=O)OC1CCCC1)C(C)(C)C)P(=O)(O)CCCC.C=C[C@@H]1C[C@]1(NC(=O)[C@@H]1C[C@@H](Oc2cc(-c3csc(NC(C)C)n3)nc3cc(OC)ccc23)CN1C(=O)[C@@H](NC(=O)OC1CCCC1)C(C)(C)C)P(=O)(O)c1ccccc1. The monoisotopic (exact) mass is 1700 g/mol. The van der Waals surface area contributed by atoms with Crippen molar-refractivity contribution in [3.63, 3.8) is 0 Å². The predicted molar refractivity (Wildman–Crippen MR) is 459 cm³/mol. The number of nitrogens with zero attached hydrogens (tertiary/aromatic N) is 6. The van der Waals surface area contributed by atoms with E-state index < -0.39 is 120 Å². The fourth-order valence-electron chi connectivity index (χ4n) is 16.2. The average Bonchev–Trinajstić information content (AvgIpc) is 1.56. The second-order valence-corrected chi connectivity index (χ2v) is 41.4. The van der Waals surface area contributed by atoms with Crippen molar-refractivity contribution in [2.45, 2.75) is 237 Å². The van der Waals surface area contributed by atoms with Gasteiger partial charge in [0.15, 0.2) is 10.3 Å². The van der Waals surface area contributed by atoms with Gasteiger partial charge in [0, 0.05) is 94.0 Å². The minimum Gasteiger partial charge on any atom is -0.497 e. The molecule has 7 aromatic rings. The summed E-state index contributed by atoms with van der Waals surface area (Å²) < 4.78 is 64.2. The van der Waals surface area contributed by atoms with Crippen LogP contribution in [0.15, 0.2) is 115 Å². The molecule has 2 unspecified atom stereocenters. The first-order valence-corrected chi connectivity index (χ1v) is 46.2. The van der Waals surface area contributed by atoms with Gasteiger partial charge in [-0.1, -0.05) is 85.2 Å². The molecule has 6 fully saturated rings. The summed E-state index contributed by atoms with van der Waals surface area (Å²) in [5, 5.41) is 22.3. The maximum atomic E-state index is 14.9. The molecule has 2 saturated heterocycles. The van der Waals surface area contributed by atoms with Crippen LogP contribution in [0.4, 0.5) is 19.9 Å². The molecule has 0 spiro atoms. The van der Waals surface area contributed by atoms with Crippen LogP contribution in [0.1, 0.15) is 166 Å². The lowest BCUT2D eigenvalue weighted by Gasteiger charge is -2.36. The molecule has 3 aromatic carbocycles. The molecule has 13 rings (SSSR count). The number of thiazole rings is 2. The Morgan fingerprint density at radius 3 is 1.38 bits per heavy atom. The number of nitrogens with one attached hydrogen (secondary N) is 6. The molecule has 6 aliphatic rings. The number of aromatic nitrogens is 4. The van der Waals surface area contributed by atoms with Gasteiger partial charge in [0.25, 0.3) is 7.37 Å². The molecule has 32 heteroatoms. The van der Waals surface area contributed by atoms with Crippen LogP contribution in [0, 0.1) is 22.7 Å². The first-order chi connectivity index (χ1) is 56.0. The van der Waals surface area contributed by atoms with Gasteiger partial charge in [-0.15, -0.1) is 35.8 Å². The standard InChI is InChI=1S/C44H55N6O8PS.C42H59N6O8PS/c1-8-27-23-44(27,59(54,55)31-16-10-9-11-17-31)49-39(51)36-21-30(24-50(36)40(52)38(43(4,5)6)48-42(53)58-28-14-12-13-15-28)57-37-22-34(35-25-60-41(47-35)45-26(2)3)46-33-20-29(56-7)18-19-32(33)37;1-9-11-18-57(52,53)42(22-26(42)10-2)47-37(49)34-20-29(23-48(34)38(50)36(41(5,6)7)46-40(51)56-27-14-12-13-15-27)55-35-21-32(33-24-58-39(45-33)43-25(3)4)44-31-19-28(54-8)16-17-30(31)35/h8-11,16-20,22,25-28,30,36,38H,1,12-15,21,23-24H2,2-7H3,(H,45,47)(H,48,53)(H,49,51)(H,54,55);10,16-17,19,21,24-27,29,34,36H,2,9,11-15,18,20,22-23H2,1,3-8H3,(H,43,45)(H,46,51)(H,47,49)(H,52,53)/t27-,30-,36+,38-,44+;26-,29-,34+,36-,42+/m11/s1. The van der Waals surface area contributed by atoms with Crippen molar-refractivity contribution in [3.8, 4) is 45.8 Å². The summed E-state index contributed by atoms with van der Waals surface area (Å²) in [6.07, 6.45) is 8.81. The number of unbranched alkanes of at least 4 members (excludes halogenated alkanes) is 1. The van der Waals surface area contributed by atoms with Crippen LogP contribution in [-0.2, 0) is 37.8 Å². The lowest BCUT2D eigenvalue weighted by molar-refractivity contribution is -0.142. The molecule has 118 heavy (non-hydrogen) atoms. The zero-order chi connectivity index (χ0) is 85.0. The van der Waals surface area contributed by atoms with Gasteiger partial charge in [-0.2, -0.15) is 0 Å². The summed E-state index contributed by atoms with van der Waals surface area (Å²) >= 11 is 2.93. The molecule has 6 heterocycles. The highest BCUT2D eigenvalue weighted by atomic mass is 32.1. The van der Waals surface area contributed by atoms with E-state index in [1.165, 1.54) is 32.5 Å². The van der Waals surface area contributed by atoms with E-state index in [2.05, 4.69) is 45.1 Å². The number of fused-ring (bicyclic) bond motifs is 2. The largest absolute Gasteiger partial charge is 0.497 e. The minimum atomic E-state index is -4.21. The summed E-state index contributed by atoms with van der Waals surface area (Å²) in [4.78, 5) is 131. The Labute approximate surface area is 698 Å². The highest BCUT2D eigenvalue weighted by Crippen LogP contribution is 2.70. The molecule has 4 saturated carbocycles. The number of methoxy groups -OCH3 is 2. The van der Waals surface area contributed by atoms with E-state index in [1.807, 2.05) is 117 Å². The summed E-state index contributed by atoms with van der Waals surface area (Å²) in [7, 11) is -4.92. The number of pyridine rings is 2. The summed E-state index contributed by atoms with van der Waals surface area (Å²) in [5.74, 6) is -0.887. The summed E-state index contributed by atoms with van der Waals surface area (Å²) in [6.45, 7) is 28.8. The van der Waals surface area contributed by atoms with Gasteiger partial charge in [-0.3, -0.25) is 28.3 Å². The Morgan fingerprint density at radius 2 is 1.00 bits per heavy atom. The number of carbonyl (C=O) groups excluding carboxylic acids is 6. The molecule has 12 atom stereocenters. The van der Waals surface area contributed by atoms with E-state index in [9.17, 15) is 47.7 Å². The third kappa shape index (κ3) is 19.8. The van der Waals surface area contributed by atoms with Gasteiger partial charge in [-0.25, -0.2) is 29.5 Å². The Kier molecular flexibility index (Phi) is 27.2. The van der Waals surface area contributed by atoms with E-state index in [1.54, 1.807) is 74.9 Å². The van der Waals surface area contributed by atoms with E-state index in [0.29, 0.717) is 74.0 Å². The smallest absolute Gasteiger partial charge is 0.408 e. The molecule has 4 aliphatic carbocycles. The molecular formula is C86H114N12O16P2S2. The van der Waals surface area contributed by atoms with Gasteiger partial charge in [0.05, 0.1) is 49.7 Å². The van der Waals surface area contributed by atoms with Gasteiger partial charge in [0.1, 0.15) is 93.5 Å².